The molecule has 0 aromatic carbocycles. The predicted octanol–water partition coefficient (Wildman–Crippen LogP) is 5.68. The second-order valence-electron chi connectivity index (χ2n) is 4.38. The van der Waals surface area contributed by atoms with Gasteiger partial charge in [-0.15, -0.1) is 0 Å². The van der Waals surface area contributed by atoms with Crippen molar-refractivity contribution in [1.29, 1.82) is 0 Å². The van der Waals surface area contributed by atoms with Gasteiger partial charge in [-0.1, -0.05) is 71.3 Å². The second-order valence-corrected chi connectivity index (χ2v) is 4.38. The molecule has 89 valence electrons. The summed E-state index contributed by atoms with van der Waals surface area (Å²) in [5.74, 6) is 0. The van der Waals surface area contributed by atoms with Crippen LogP contribution in [0.2, 0.25) is 0 Å². The van der Waals surface area contributed by atoms with Gasteiger partial charge in [0, 0.05) is 0 Å². The number of allylic oxidation sites excluding steroid dienone is 2. The molecule has 0 rings (SSSR count). The van der Waals surface area contributed by atoms with Gasteiger partial charge in [0.25, 0.3) is 0 Å². The van der Waals surface area contributed by atoms with E-state index in [4.69, 9.17) is 0 Å². The van der Waals surface area contributed by atoms with E-state index < -0.39 is 0 Å². The van der Waals surface area contributed by atoms with Crippen molar-refractivity contribution in [2.24, 2.45) is 0 Å². The topological polar surface area (TPSA) is 0 Å². The molecule has 0 aliphatic heterocycles. The van der Waals surface area contributed by atoms with Crippen molar-refractivity contribution in [2.45, 2.75) is 84.5 Å². The predicted molar refractivity (Wildman–Crippen MR) is 69.9 cm³/mol. The molecule has 0 nitrogen and oxygen atoms in total. The Morgan fingerprint density at radius 2 is 1.27 bits per heavy atom. The molecule has 0 saturated heterocycles. The lowest BCUT2D eigenvalue weighted by atomic mass is 10.1. The van der Waals surface area contributed by atoms with Crippen molar-refractivity contribution >= 4 is 0 Å². The summed E-state index contributed by atoms with van der Waals surface area (Å²) in [6, 6.07) is 0. The third-order valence-corrected chi connectivity index (χ3v) is 2.80. The van der Waals surface area contributed by atoms with Crippen LogP contribution in [0.5, 0.6) is 0 Å². The van der Waals surface area contributed by atoms with Gasteiger partial charge in [-0.3, -0.25) is 0 Å². The van der Waals surface area contributed by atoms with E-state index in [2.05, 4.69) is 26.0 Å². The summed E-state index contributed by atoms with van der Waals surface area (Å²) in [5, 5.41) is 0. The maximum Gasteiger partial charge on any atom is -0.0308 e. The molecule has 0 heteroatoms. The van der Waals surface area contributed by atoms with E-state index in [9.17, 15) is 0 Å². The Labute approximate surface area is 97.2 Å². The SMILES string of the molecule is CC/[C]=C\CCCCCCCCCCC. The van der Waals surface area contributed by atoms with Crippen molar-refractivity contribution in [3.63, 3.8) is 0 Å². The minimum Gasteiger partial charge on any atom is -0.0811 e. The Morgan fingerprint density at radius 1 is 0.733 bits per heavy atom. The van der Waals surface area contributed by atoms with Crippen LogP contribution in [-0.4, -0.2) is 0 Å². The number of unbranched alkanes of at least 4 members (excludes halogenated alkanes) is 9. The fraction of sp³-hybridized carbons (Fsp3) is 0.867. The van der Waals surface area contributed by atoms with Gasteiger partial charge in [-0.2, -0.15) is 0 Å². The zero-order valence-corrected chi connectivity index (χ0v) is 10.9. The van der Waals surface area contributed by atoms with Crippen LogP contribution < -0.4 is 0 Å². The molecule has 0 spiro atoms. The van der Waals surface area contributed by atoms with Crippen molar-refractivity contribution in [1.82, 2.24) is 0 Å². The van der Waals surface area contributed by atoms with Crippen molar-refractivity contribution < 1.29 is 0 Å². The first-order chi connectivity index (χ1) is 7.41. The maximum absolute atomic E-state index is 3.25. The lowest BCUT2D eigenvalue weighted by Crippen LogP contribution is -1.80. The summed E-state index contributed by atoms with van der Waals surface area (Å²) < 4.78 is 0. The normalized spacial score (nSPS) is 11.3. The monoisotopic (exact) mass is 209 g/mol. The third kappa shape index (κ3) is 13.7. The highest BCUT2D eigenvalue weighted by atomic mass is 14.0. The highest BCUT2D eigenvalue weighted by Crippen LogP contribution is 2.10. The quantitative estimate of drug-likeness (QED) is 0.384. The molecule has 0 unspecified atom stereocenters. The summed E-state index contributed by atoms with van der Waals surface area (Å²) >= 11 is 0. The van der Waals surface area contributed by atoms with E-state index >= 15 is 0 Å². The van der Waals surface area contributed by atoms with E-state index in [-0.39, 0.29) is 0 Å². The van der Waals surface area contributed by atoms with E-state index in [1.807, 2.05) is 0 Å². The van der Waals surface area contributed by atoms with Gasteiger partial charge >= 0.3 is 0 Å². The van der Waals surface area contributed by atoms with Crippen LogP contribution in [0.15, 0.2) is 6.08 Å². The smallest absolute Gasteiger partial charge is 0.0308 e. The molecule has 0 aromatic rings. The van der Waals surface area contributed by atoms with E-state index in [0.29, 0.717) is 0 Å². The third-order valence-electron chi connectivity index (χ3n) is 2.80. The Hall–Kier alpha value is -0.260. The first-order valence-electron chi connectivity index (χ1n) is 6.96. The Kier molecular flexibility index (Phi) is 13.5. The Morgan fingerprint density at radius 3 is 1.80 bits per heavy atom. The zero-order chi connectivity index (χ0) is 11.2. The van der Waals surface area contributed by atoms with Crippen LogP contribution in [-0.2, 0) is 0 Å². The summed E-state index contributed by atoms with van der Waals surface area (Å²) in [6.07, 6.45) is 20.6. The summed E-state index contributed by atoms with van der Waals surface area (Å²) in [7, 11) is 0. The number of hydrogen-bond acceptors (Lipinski definition) is 0. The molecule has 0 aromatic heterocycles. The van der Waals surface area contributed by atoms with Crippen LogP contribution in [0.1, 0.15) is 84.5 Å². The first-order valence-corrected chi connectivity index (χ1v) is 6.96. The molecule has 15 heavy (non-hydrogen) atoms. The van der Waals surface area contributed by atoms with Crippen LogP contribution in [0.25, 0.3) is 0 Å². The average molecular weight is 209 g/mol. The van der Waals surface area contributed by atoms with Gasteiger partial charge in [0.1, 0.15) is 0 Å². The fourth-order valence-corrected chi connectivity index (χ4v) is 1.80. The Bertz CT molecular complexity index is 124. The number of rotatable bonds is 11. The van der Waals surface area contributed by atoms with Crippen LogP contribution in [0.3, 0.4) is 0 Å². The molecule has 0 fully saturated rings. The van der Waals surface area contributed by atoms with E-state index in [1.54, 1.807) is 0 Å². The highest BCUT2D eigenvalue weighted by molar-refractivity contribution is 4.71. The molecule has 0 saturated carbocycles. The van der Waals surface area contributed by atoms with Crippen molar-refractivity contribution in [3.05, 3.63) is 12.2 Å². The standard InChI is InChI=1S/C15H29/c1-3-5-7-9-11-13-15-14-12-10-8-6-4-2/h8H,3-5,7,9-15H2,1-2H3. The minimum absolute atomic E-state index is 1.07. The Balaban J connectivity index is 2.89. The lowest BCUT2D eigenvalue weighted by molar-refractivity contribution is 0.566. The van der Waals surface area contributed by atoms with Crippen LogP contribution in [0, 0.1) is 6.08 Å². The molecule has 0 atom stereocenters. The first kappa shape index (κ1) is 14.7. The van der Waals surface area contributed by atoms with Gasteiger partial charge in [0.05, 0.1) is 0 Å². The molecule has 0 aliphatic rings. The van der Waals surface area contributed by atoms with Crippen LogP contribution >= 0.6 is 0 Å². The summed E-state index contributed by atoms with van der Waals surface area (Å²) in [6.45, 7) is 4.42. The molecule has 0 amide bonds. The minimum atomic E-state index is 1.07. The van der Waals surface area contributed by atoms with Gasteiger partial charge in [-0.25, -0.2) is 0 Å². The van der Waals surface area contributed by atoms with Crippen LogP contribution in [0.4, 0.5) is 0 Å². The highest BCUT2D eigenvalue weighted by Gasteiger charge is 1.90. The van der Waals surface area contributed by atoms with Gasteiger partial charge in [0.2, 0.25) is 0 Å². The molecule has 1 radical (unpaired) electrons. The van der Waals surface area contributed by atoms with Crippen molar-refractivity contribution in [2.75, 3.05) is 0 Å². The van der Waals surface area contributed by atoms with E-state index in [0.717, 1.165) is 6.42 Å². The average Bonchev–Trinajstić information content (AvgIpc) is 2.26. The zero-order valence-electron chi connectivity index (χ0n) is 10.9. The maximum atomic E-state index is 3.25. The van der Waals surface area contributed by atoms with Gasteiger partial charge in [-0.05, 0) is 25.3 Å². The largest absolute Gasteiger partial charge is 0.0811 e. The summed E-state index contributed by atoms with van der Waals surface area (Å²) in [5.41, 5.74) is 0. The van der Waals surface area contributed by atoms with E-state index in [1.165, 1.54) is 64.2 Å². The van der Waals surface area contributed by atoms with Crippen molar-refractivity contribution in [3.8, 4) is 0 Å². The fourth-order valence-electron chi connectivity index (χ4n) is 1.80. The number of hydrogen-bond donors (Lipinski definition) is 0. The molecular weight excluding hydrogens is 180 g/mol. The lowest BCUT2D eigenvalue weighted by Gasteiger charge is -2.00. The molecule has 0 bridgehead atoms. The van der Waals surface area contributed by atoms with Gasteiger partial charge < -0.3 is 0 Å². The summed E-state index contributed by atoms with van der Waals surface area (Å²) in [4.78, 5) is 0. The second kappa shape index (κ2) is 13.7. The molecular formula is C15H29. The van der Waals surface area contributed by atoms with Gasteiger partial charge in [0.15, 0.2) is 0 Å². The molecule has 0 heterocycles. The molecule has 0 aliphatic carbocycles. The molecule has 0 N–H and O–H groups in total.